The molecule has 2 N–H and O–H groups in total. The van der Waals surface area contributed by atoms with Crippen LogP contribution in [0.1, 0.15) is 25.0 Å². The van der Waals surface area contributed by atoms with Crippen LogP contribution in [0.2, 0.25) is 0 Å². The van der Waals surface area contributed by atoms with Crippen LogP contribution in [0.5, 0.6) is 0 Å². The summed E-state index contributed by atoms with van der Waals surface area (Å²) in [4.78, 5) is 12.0. The number of aryl methyl sites for hydroxylation is 1. The fraction of sp³-hybridized carbons (Fsp3) is 0.438. The predicted molar refractivity (Wildman–Crippen MR) is 80.6 cm³/mol. The molecule has 0 aliphatic heterocycles. The summed E-state index contributed by atoms with van der Waals surface area (Å²) in [5.41, 5.74) is 2.20. The Kier molecular flexibility index (Phi) is 5.18. The van der Waals surface area contributed by atoms with Gasteiger partial charge in [-0.25, -0.2) is 0 Å². The van der Waals surface area contributed by atoms with Crippen LogP contribution in [0.25, 0.3) is 10.9 Å². The highest BCUT2D eigenvalue weighted by Crippen LogP contribution is 2.18. The molecule has 0 spiro atoms. The lowest BCUT2D eigenvalue weighted by molar-refractivity contribution is -0.121. The third-order valence-corrected chi connectivity index (χ3v) is 3.48. The lowest BCUT2D eigenvalue weighted by Crippen LogP contribution is -2.28. The number of amides is 1. The Morgan fingerprint density at radius 3 is 2.85 bits per heavy atom. The van der Waals surface area contributed by atoms with Crippen molar-refractivity contribution in [3.63, 3.8) is 0 Å². The average molecular weight is 274 g/mol. The quantitative estimate of drug-likeness (QED) is 0.761. The number of aromatic nitrogens is 1. The van der Waals surface area contributed by atoms with E-state index in [2.05, 4.69) is 17.4 Å². The number of unbranched alkanes of at least 4 members (excludes halogenated alkanes) is 2. The van der Waals surface area contributed by atoms with E-state index in [1.807, 2.05) is 29.7 Å². The Bertz CT molecular complexity index is 575. The summed E-state index contributed by atoms with van der Waals surface area (Å²) in [6.07, 6.45) is 2.66. The molecule has 4 heteroatoms. The standard InChI is InChI=1S/C16H22N2O2/c1-13-11-14-7-3-4-8-15(14)18(13)12-16(20)17-9-5-2-6-10-19/h3-4,7-8,11,19H,2,5-6,9-10,12H2,1H3,(H,17,20). The maximum Gasteiger partial charge on any atom is 0.239 e. The molecule has 0 saturated heterocycles. The number of rotatable bonds is 7. The van der Waals surface area contributed by atoms with Gasteiger partial charge in [0.2, 0.25) is 5.91 Å². The van der Waals surface area contributed by atoms with Crippen molar-refractivity contribution in [2.45, 2.75) is 32.7 Å². The first-order valence-electron chi connectivity index (χ1n) is 7.15. The average Bonchev–Trinajstić information content (AvgIpc) is 2.75. The monoisotopic (exact) mass is 274 g/mol. The lowest BCUT2D eigenvalue weighted by atomic mass is 10.2. The molecule has 1 heterocycles. The summed E-state index contributed by atoms with van der Waals surface area (Å²) in [6.45, 7) is 3.29. The summed E-state index contributed by atoms with van der Waals surface area (Å²) in [6, 6.07) is 10.2. The Balaban J connectivity index is 1.91. The zero-order valence-electron chi connectivity index (χ0n) is 11.9. The number of carbonyl (C=O) groups is 1. The molecule has 4 nitrogen and oxygen atoms in total. The largest absolute Gasteiger partial charge is 0.396 e. The van der Waals surface area contributed by atoms with Gasteiger partial charge < -0.3 is 15.0 Å². The van der Waals surface area contributed by atoms with E-state index in [-0.39, 0.29) is 12.5 Å². The van der Waals surface area contributed by atoms with E-state index in [9.17, 15) is 4.79 Å². The van der Waals surface area contributed by atoms with Gasteiger partial charge in [-0.05, 0) is 43.7 Å². The van der Waals surface area contributed by atoms with Crippen molar-refractivity contribution in [1.82, 2.24) is 9.88 Å². The first kappa shape index (κ1) is 14.6. The molecule has 0 bridgehead atoms. The Hall–Kier alpha value is -1.81. The normalized spacial score (nSPS) is 10.9. The molecular weight excluding hydrogens is 252 g/mol. The second kappa shape index (κ2) is 7.10. The first-order valence-corrected chi connectivity index (χ1v) is 7.15. The van der Waals surface area contributed by atoms with Crippen LogP contribution < -0.4 is 5.32 Å². The van der Waals surface area contributed by atoms with Crippen molar-refractivity contribution in [3.8, 4) is 0 Å². The molecule has 1 aromatic carbocycles. The second-order valence-corrected chi connectivity index (χ2v) is 5.06. The van der Waals surface area contributed by atoms with E-state index in [4.69, 9.17) is 5.11 Å². The van der Waals surface area contributed by atoms with Gasteiger partial charge in [-0.15, -0.1) is 0 Å². The minimum absolute atomic E-state index is 0.0402. The minimum atomic E-state index is 0.0402. The zero-order valence-corrected chi connectivity index (χ0v) is 11.9. The number of aliphatic hydroxyl groups is 1. The number of para-hydroxylation sites is 1. The third-order valence-electron chi connectivity index (χ3n) is 3.48. The smallest absolute Gasteiger partial charge is 0.239 e. The molecule has 0 atom stereocenters. The fourth-order valence-corrected chi connectivity index (χ4v) is 2.40. The van der Waals surface area contributed by atoms with E-state index in [0.717, 1.165) is 30.5 Å². The molecule has 0 fully saturated rings. The van der Waals surface area contributed by atoms with Crippen LogP contribution in [-0.2, 0) is 11.3 Å². The van der Waals surface area contributed by atoms with Crippen LogP contribution in [0.15, 0.2) is 30.3 Å². The molecule has 1 aromatic heterocycles. The van der Waals surface area contributed by atoms with E-state index in [0.29, 0.717) is 13.1 Å². The molecule has 0 aliphatic carbocycles. The second-order valence-electron chi connectivity index (χ2n) is 5.06. The summed E-state index contributed by atoms with van der Waals surface area (Å²) in [5, 5.41) is 12.8. The van der Waals surface area contributed by atoms with Crippen LogP contribution in [0.4, 0.5) is 0 Å². The maximum absolute atomic E-state index is 12.0. The zero-order chi connectivity index (χ0) is 14.4. The van der Waals surface area contributed by atoms with Gasteiger partial charge in [0.15, 0.2) is 0 Å². The van der Waals surface area contributed by atoms with Gasteiger partial charge in [-0.1, -0.05) is 18.2 Å². The topological polar surface area (TPSA) is 54.3 Å². The Labute approximate surface area is 119 Å². The van der Waals surface area contributed by atoms with Crippen molar-refractivity contribution in [3.05, 3.63) is 36.0 Å². The minimum Gasteiger partial charge on any atom is -0.396 e. The van der Waals surface area contributed by atoms with Crippen molar-refractivity contribution >= 4 is 16.8 Å². The molecule has 20 heavy (non-hydrogen) atoms. The molecule has 0 saturated carbocycles. The molecule has 0 unspecified atom stereocenters. The van der Waals surface area contributed by atoms with Crippen molar-refractivity contribution < 1.29 is 9.90 Å². The number of fused-ring (bicyclic) bond motifs is 1. The van der Waals surface area contributed by atoms with E-state index in [1.165, 1.54) is 5.39 Å². The van der Waals surface area contributed by atoms with Crippen molar-refractivity contribution in [2.75, 3.05) is 13.2 Å². The number of benzene rings is 1. The van der Waals surface area contributed by atoms with Gasteiger partial charge in [-0.2, -0.15) is 0 Å². The van der Waals surface area contributed by atoms with Crippen molar-refractivity contribution in [1.29, 1.82) is 0 Å². The number of hydrogen-bond donors (Lipinski definition) is 2. The van der Waals surface area contributed by atoms with Crippen LogP contribution >= 0.6 is 0 Å². The maximum atomic E-state index is 12.0. The van der Waals surface area contributed by atoms with Crippen LogP contribution in [0, 0.1) is 6.92 Å². The van der Waals surface area contributed by atoms with E-state index >= 15 is 0 Å². The Morgan fingerprint density at radius 2 is 2.05 bits per heavy atom. The fourth-order valence-electron chi connectivity index (χ4n) is 2.40. The highest BCUT2D eigenvalue weighted by atomic mass is 16.2. The van der Waals surface area contributed by atoms with E-state index in [1.54, 1.807) is 0 Å². The molecule has 108 valence electrons. The number of nitrogens with zero attached hydrogens (tertiary/aromatic N) is 1. The Morgan fingerprint density at radius 1 is 1.25 bits per heavy atom. The third kappa shape index (κ3) is 3.61. The highest BCUT2D eigenvalue weighted by Gasteiger charge is 2.08. The van der Waals surface area contributed by atoms with Crippen molar-refractivity contribution in [2.24, 2.45) is 0 Å². The first-order chi connectivity index (χ1) is 9.72. The number of carbonyl (C=O) groups excluding carboxylic acids is 1. The van der Waals surface area contributed by atoms with Crippen LogP contribution in [-0.4, -0.2) is 28.7 Å². The van der Waals surface area contributed by atoms with E-state index < -0.39 is 0 Å². The highest BCUT2D eigenvalue weighted by molar-refractivity contribution is 5.84. The van der Waals surface area contributed by atoms with Gasteiger partial charge >= 0.3 is 0 Å². The van der Waals surface area contributed by atoms with Gasteiger partial charge in [0.1, 0.15) is 6.54 Å². The summed E-state index contributed by atoms with van der Waals surface area (Å²) >= 11 is 0. The van der Waals surface area contributed by atoms with Crippen LogP contribution in [0.3, 0.4) is 0 Å². The van der Waals surface area contributed by atoms with Gasteiger partial charge in [0.25, 0.3) is 0 Å². The predicted octanol–water partition coefficient (Wildman–Crippen LogP) is 2.23. The summed E-state index contributed by atoms with van der Waals surface area (Å²) in [7, 11) is 0. The SMILES string of the molecule is Cc1cc2ccccc2n1CC(=O)NCCCCCO. The molecule has 2 rings (SSSR count). The molecule has 0 radical (unpaired) electrons. The summed E-state index contributed by atoms with van der Waals surface area (Å²) < 4.78 is 2.04. The molecule has 2 aromatic rings. The van der Waals surface area contributed by atoms with Gasteiger partial charge in [-0.3, -0.25) is 4.79 Å². The van der Waals surface area contributed by atoms with Gasteiger partial charge in [0, 0.05) is 24.4 Å². The number of hydrogen-bond acceptors (Lipinski definition) is 2. The summed E-state index contributed by atoms with van der Waals surface area (Å²) in [5.74, 6) is 0.0402. The molecule has 0 aliphatic rings. The molecular formula is C16H22N2O2. The lowest BCUT2D eigenvalue weighted by Gasteiger charge is -2.09. The molecule has 1 amide bonds. The van der Waals surface area contributed by atoms with Gasteiger partial charge in [0.05, 0.1) is 0 Å². The number of nitrogens with one attached hydrogen (secondary N) is 1. The number of aliphatic hydroxyl groups excluding tert-OH is 1.